The van der Waals surface area contributed by atoms with E-state index in [-0.39, 0.29) is 13.0 Å². The number of nitrogens with zero attached hydrogens (tertiary/aromatic N) is 1. The van der Waals surface area contributed by atoms with E-state index in [2.05, 4.69) is 5.92 Å². The highest BCUT2D eigenvalue weighted by molar-refractivity contribution is 5.85. The molecular weight excluding hydrogens is 172 g/mol. The van der Waals surface area contributed by atoms with Crippen molar-refractivity contribution in [3.05, 3.63) is 0 Å². The Hall–Kier alpha value is -1.54. The highest BCUT2D eigenvalue weighted by atomic mass is 16.4. The normalized spacial score (nSPS) is 11.5. The van der Waals surface area contributed by atoms with Crippen molar-refractivity contribution in [1.29, 1.82) is 0 Å². The molecule has 5 heteroatoms. The summed E-state index contributed by atoms with van der Waals surface area (Å²) in [6, 6.07) is -1.02. The smallest absolute Gasteiger partial charge is 0.305 e. The van der Waals surface area contributed by atoms with Gasteiger partial charge >= 0.3 is 5.97 Å². The van der Waals surface area contributed by atoms with Crippen LogP contribution >= 0.6 is 0 Å². The van der Waals surface area contributed by atoms with E-state index >= 15 is 0 Å². The van der Waals surface area contributed by atoms with E-state index < -0.39 is 17.9 Å². The summed E-state index contributed by atoms with van der Waals surface area (Å²) in [6.45, 7) is 0.131. The minimum absolute atomic E-state index is 0.131. The number of carboxylic acids is 1. The topological polar surface area (TPSA) is 83.6 Å². The lowest BCUT2D eigenvalue weighted by molar-refractivity contribution is -0.141. The third kappa shape index (κ3) is 4.13. The third-order valence-electron chi connectivity index (χ3n) is 1.42. The van der Waals surface area contributed by atoms with Crippen molar-refractivity contribution in [3.63, 3.8) is 0 Å². The number of likely N-dealkylation sites (N-methyl/N-ethyl adjacent to an activating group) is 1. The number of terminal acetylenes is 1. The largest absolute Gasteiger partial charge is 0.481 e. The first-order chi connectivity index (χ1) is 5.99. The van der Waals surface area contributed by atoms with Crippen molar-refractivity contribution in [3.8, 4) is 12.3 Å². The first-order valence-electron chi connectivity index (χ1n) is 3.64. The van der Waals surface area contributed by atoms with E-state index in [1.807, 2.05) is 0 Å². The van der Waals surface area contributed by atoms with Crippen molar-refractivity contribution in [2.75, 3.05) is 13.6 Å². The molecule has 0 radical (unpaired) electrons. The SMILES string of the molecule is C#CCN(C)C(=O)C(N)CC(=O)O. The molecule has 0 aromatic carbocycles. The van der Waals surface area contributed by atoms with Crippen LogP contribution in [0, 0.1) is 12.3 Å². The molecule has 72 valence electrons. The summed E-state index contributed by atoms with van der Waals surface area (Å²) in [5.41, 5.74) is 5.31. The van der Waals surface area contributed by atoms with Gasteiger partial charge in [0, 0.05) is 7.05 Å². The van der Waals surface area contributed by atoms with Gasteiger partial charge in [0.2, 0.25) is 5.91 Å². The third-order valence-corrected chi connectivity index (χ3v) is 1.42. The summed E-state index contributed by atoms with van der Waals surface area (Å²) in [5.74, 6) is 0.699. The number of hydrogen-bond acceptors (Lipinski definition) is 3. The van der Waals surface area contributed by atoms with Gasteiger partial charge in [-0.05, 0) is 0 Å². The molecule has 0 aliphatic heterocycles. The predicted molar refractivity (Wildman–Crippen MR) is 46.7 cm³/mol. The van der Waals surface area contributed by atoms with Gasteiger partial charge in [-0.15, -0.1) is 6.42 Å². The van der Waals surface area contributed by atoms with Crippen molar-refractivity contribution >= 4 is 11.9 Å². The van der Waals surface area contributed by atoms with Crippen LogP contribution in [-0.4, -0.2) is 41.5 Å². The van der Waals surface area contributed by atoms with Crippen molar-refractivity contribution < 1.29 is 14.7 Å². The van der Waals surface area contributed by atoms with Crippen LogP contribution in [0.3, 0.4) is 0 Å². The average molecular weight is 184 g/mol. The van der Waals surface area contributed by atoms with Gasteiger partial charge in [-0.2, -0.15) is 0 Å². The lowest BCUT2D eigenvalue weighted by Gasteiger charge is -2.17. The second-order valence-corrected chi connectivity index (χ2v) is 2.60. The molecule has 1 amide bonds. The Morgan fingerprint density at radius 2 is 2.23 bits per heavy atom. The van der Waals surface area contributed by atoms with E-state index in [9.17, 15) is 9.59 Å². The van der Waals surface area contributed by atoms with Gasteiger partial charge in [0.05, 0.1) is 19.0 Å². The highest BCUT2D eigenvalue weighted by Gasteiger charge is 2.19. The number of amides is 1. The maximum absolute atomic E-state index is 11.2. The molecule has 0 aromatic rings. The molecule has 0 bridgehead atoms. The molecular formula is C8H12N2O3. The molecule has 5 nitrogen and oxygen atoms in total. The Morgan fingerprint density at radius 3 is 2.62 bits per heavy atom. The number of carbonyl (C=O) groups is 2. The maximum Gasteiger partial charge on any atom is 0.305 e. The lowest BCUT2D eigenvalue weighted by atomic mass is 10.2. The summed E-state index contributed by atoms with van der Waals surface area (Å²) in [5, 5.41) is 8.35. The molecule has 0 aliphatic rings. The molecule has 3 N–H and O–H groups in total. The Bertz CT molecular complexity index is 244. The fourth-order valence-corrected chi connectivity index (χ4v) is 0.773. The van der Waals surface area contributed by atoms with Gasteiger partial charge in [0.25, 0.3) is 0 Å². The fourth-order valence-electron chi connectivity index (χ4n) is 0.773. The molecule has 0 aliphatic carbocycles. The minimum Gasteiger partial charge on any atom is -0.481 e. The van der Waals surface area contributed by atoms with Crippen LogP contribution < -0.4 is 5.73 Å². The van der Waals surface area contributed by atoms with Crippen LogP contribution in [0.2, 0.25) is 0 Å². The monoisotopic (exact) mass is 184 g/mol. The van der Waals surface area contributed by atoms with Crippen LogP contribution in [-0.2, 0) is 9.59 Å². The molecule has 0 aromatic heterocycles. The van der Waals surface area contributed by atoms with E-state index in [0.717, 1.165) is 0 Å². The van der Waals surface area contributed by atoms with E-state index in [1.54, 1.807) is 0 Å². The highest BCUT2D eigenvalue weighted by Crippen LogP contribution is 1.94. The summed E-state index contributed by atoms with van der Waals surface area (Å²) in [6.07, 6.45) is 4.59. The van der Waals surface area contributed by atoms with Crippen LogP contribution in [0.25, 0.3) is 0 Å². The number of nitrogens with two attached hydrogens (primary N) is 1. The standard InChI is InChI=1S/C8H12N2O3/c1-3-4-10(2)8(13)6(9)5-7(11)12/h1,6H,4-5,9H2,2H3,(H,11,12). The van der Waals surface area contributed by atoms with Gasteiger partial charge in [-0.25, -0.2) is 0 Å². The Labute approximate surface area is 76.5 Å². The molecule has 0 saturated heterocycles. The number of hydrogen-bond donors (Lipinski definition) is 2. The Morgan fingerprint density at radius 1 is 1.69 bits per heavy atom. The molecule has 1 unspecified atom stereocenters. The van der Waals surface area contributed by atoms with Crippen LogP contribution in [0.15, 0.2) is 0 Å². The van der Waals surface area contributed by atoms with Crippen molar-refractivity contribution in [2.45, 2.75) is 12.5 Å². The van der Waals surface area contributed by atoms with Gasteiger partial charge in [0.1, 0.15) is 0 Å². The average Bonchev–Trinajstić information content (AvgIpc) is 2.02. The number of aliphatic carboxylic acids is 1. The van der Waals surface area contributed by atoms with Crippen molar-refractivity contribution in [2.24, 2.45) is 5.73 Å². The summed E-state index contributed by atoms with van der Waals surface area (Å²) < 4.78 is 0. The van der Waals surface area contributed by atoms with E-state index in [0.29, 0.717) is 0 Å². The first kappa shape index (κ1) is 11.5. The fraction of sp³-hybridized carbons (Fsp3) is 0.500. The zero-order valence-corrected chi connectivity index (χ0v) is 7.36. The lowest BCUT2D eigenvalue weighted by Crippen LogP contribution is -2.43. The number of carbonyl (C=O) groups excluding carboxylic acids is 1. The second kappa shape index (κ2) is 5.17. The molecule has 0 heterocycles. The van der Waals surface area contributed by atoms with Gasteiger partial charge in [-0.3, -0.25) is 9.59 Å². The first-order valence-corrected chi connectivity index (χ1v) is 3.64. The quantitative estimate of drug-likeness (QED) is 0.542. The van der Waals surface area contributed by atoms with Crippen LogP contribution in [0.5, 0.6) is 0 Å². The van der Waals surface area contributed by atoms with Crippen molar-refractivity contribution in [1.82, 2.24) is 4.90 Å². The van der Waals surface area contributed by atoms with E-state index in [4.69, 9.17) is 17.3 Å². The summed E-state index contributed by atoms with van der Waals surface area (Å²) in [7, 11) is 1.48. The second-order valence-electron chi connectivity index (χ2n) is 2.60. The predicted octanol–water partition coefficient (Wildman–Crippen LogP) is -1.12. The molecule has 0 fully saturated rings. The molecule has 0 spiro atoms. The zero-order valence-electron chi connectivity index (χ0n) is 7.36. The van der Waals surface area contributed by atoms with Crippen LogP contribution in [0.4, 0.5) is 0 Å². The molecule has 13 heavy (non-hydrogen) atoms. The number of rotatable bonds is 4. The zero-order chi connectivity index (χ0) is 10.4. The minimum atomic E-state index is -1.10. The Balaban J connectivity index is 4.10. The molecule has 0 saturated carbocycles. The number of carboxylic acid groups (broad SMARTS) is 1. The maximum atomic E-state index is 11.2. The van der Waals surface area contributed by atoms with Gasteiger partial charge in [0.15, 0.2) is 0 Å². The van der Waals surface area contributed by atoms with E-state index in [1.165, 1.54) is 11.9 Å². The summed E-state index contributed by atoms with van der Waals surface area (Å²) in [4.78, 5) is 22.6. The molecule has 0 rings (SSSR count). The Kier molecular flexibility index (Phi) is 4.55. The van der Waals surface area contributed by atoms with Gasteiger partial charge < -0.3 is 15.7 Å². The van der Waals surface area contributed by atoms with Crippen LogP contribution in [0.1, 0.15) is 6.42 Å². The summed E-state index contributed by atoms with van der Waals surface area (Å²) >= 11 is 0. The molecule has 1 atom stereocenters. The van der Waals surface area contributed by atoms with Gasteiger partial charge in [-0.1, -0.05) is 5.92 Å².